The Bertz CT molecular complexity index is 593. The van der Waals surface area contributed by atoms with Gasteiger partial charge in [0, 0.05) is 44.9 Å². The van der Waals surface area contributed by atoms with Crippen LogP contribution in [-0.4, -0.2) is 61.5 Å². The molecule has 1 aromatic heterocycles. The molecule has 0 spiro atoms. The summed E-state index contributed by atoms with van der Waals surface area (Å²) in [5.41, 5.74) is 0.984. The third-order valence-electron chi connectivity index (χ3n) is 5.37. The number of aliphatic imine (C=N–C) groups is 1. The van der Waals surface area contributed by atoms with E-state index >= 15 is 0 Å². The molecular formula is C20H36IN5O2. The number of rotatable bonds is 7. The van der Waals surface area contributed by atoms with Gasteiger partial charge in [-0.2, -0.15) is 0 Å². The second kappa shape index (κ2) is 12.0. The van der Waals surface area contributed by atoms with Crippen LogP contribution in [0, 0.1) is 5.92 Å². The van der Waals surface area contributed by atoms with E-state index in [9.17, 15) is 0 Å². The first-order chi connectivity index (χ1) is 13.1. The Balaban J connectivity index is 0.00000280. The average molecular weight is 505 g/mol. The van der Waals surface area contributed by atoms with E-state index in [1.807, 2.05) is 6.07 Å². The zero-order chi connectivity index (χ0) is 19.1. The van der Waals surface area contributed by atoms with Gasteiger partial charge in [0.1, 0.15) is 6.54 Å². The molecule has 0 bridgehead atoms. The molecule has 3 rings (SSSR count). The first-order valence-corrected chi connectivity index (χ1v) is 10.4. The van der Waals surface area contributed by atoms with Crippen LogP contribution < -0.4 is 10.6 Å². The topological polar surface area (TPSA) is 74.9 Å². The van der Waals surface area contributed by atoms with Crippen LogP contribution in [0.3, 0.4) is 0 Å². The highest BCUT2D eigenvalue weighted by atomic mass is 127. The van der Waals surface area contributed by atoms with Gasteiger partial charge < -0.3 is 24.8 Å². The Morgan fingerprint density at radius 3 is 2.71 bits per heavy atom. The van der Waals surface area contributed by atoms with Gasteiger partial charge in [0.05, 0.1) is 12.3 Å². The molecule has 2 aliphatic rings. The Hall–Kier alpha value is -0.870. The third kappa shape index (κ3) is 7.18. The maximum Gasteiger partial charge on any atom is 0.191 e. The molecule has 1 unspecified atom stereocenters. The second-order valence-corrected chi connectivity index (χ2v) is 8.02. The standard InChI is InChI=1S/C20H35N5O2.HI/c1-4-21-20(22-12-18-11-19(15(2)3)24-27-18)23-17-5-8-25(9-6-17)13-16-7-10-26-14-16;/h11,15-17H,4-10,12-14H2,1-3H3,(H2,21,22,23);1H. The lowest BCUT2D eigenvalue weighted by atomic mass is 10.0. The third-order valence-corrected chi connectivity index (χ3v) is 5.37. The van der Waals surface area contributed by atoms with E-state index in [1.165, 1.54) is 13.0 Å². The molecule has 2 saturated heterocycles. The molecule has 7 nitrogen and oxygen atoms in total. The molecule has 160 valence electrons. The molecule has 0 amide bonds. The summed E-state index contributed by atoms with van der Waals surface area (Å²) in [6, 6.07) is 2.47. The van der Waals surface area contributed by atoms with Crippen molar-refractivity contribution < 1.29 is 9.26 Å². The number of hydrogen-bond donors (Lipinski definition) is 2. The van der Waals surface area contributed by atoms with Gasteiger partial charge in [-0.3, -0.25) is 0 Å². The Labute approximate surface area is 186 Å². The van der Waals surface area contributed by atoms with Crippen molar-refractivity contribution in [3.05, 3.63) is 17.5 Å². The van der Waals surface area contributed by atoms with Crippen LogP contribution in [0.4, 0.5) is 0 Å². The lowest BCUT2D eigenvalue weighted by molar-refractivity contribution is 0.150. The van der Waals surface area contributed by atoms with Gasteiger partial charge in [-0.25, -0.2) is 4.99 Å². The normalized spacial score (nSPS) is 21.7. The van der Waals surface area contributed by atoms with E-state index < -0.39 is 0 Å². The molecule has 1 atom stereocenters. The molecular weight excluding hydrogens is 469 g/mol. The van der Waals surface area contributed by atoms with Gasteiger partial charge in [-0.1, -0.05) is 19.0 Å². The lowest BCUT2D eigenvalue weighted by Crippen LogP contribution is -2.49. The zero-order valence-electron chi connectivity index (χ0n) is 17.4. The summed E-state index contributed by atoms with van der Waals surface area (Å²) in [5, 5.41) is 11.0. The Morgan fingerprint density at radius 1 is 1.32 bits per heavy atom. The first kappa shape index (κ1) is 23.4. The second-order valence-electron chi connectivity index (χ2n) is 8.02. The number of likely N-dealkylation sites (tertiary alicyclic amines) is 1. The zero-order valence-corrected chi connectivity index (χ0v) is 19.8. The van der Waals surface area contributed by atoms with Crippen LogP contribution in [0.1, 0.15) is 57.4 Å². The molecule has 0 saturated carbocycles. The molecule has 3 heterocycles. The van der Waals surface area contributed by atoms with Crippen LogP contribution in [0.2, 0.25) is 0 Å². The fourth-order valence-corrected chi connectivity index (χ4v) is 3.70. The van der Waals surface area contributed by atoms with Crippen molar-refractivity contribution >= 4 is 29.9 Å². The molecule has 8 heteroatoms. The molecule has 2 N–H and O–H groups in total. The number of piperidine rings is 1. The fraction of sp³-hybridized carbons (Fsp3) is 0.800. The van der Waals surface area contributed by atoms with E-state index in [0.717, 1.165) is 69.0 Å². The average Bonchev–Trinajstić information content (AvgIpc) is 3.33. The maximum absolute atomic E-state index is 5.50. The number of hydrogen-bond acceptors (Lipinski definition) is 5. The molecule has 0 aromatic carbocycles. The Morgan fingerprint density at radius 2 is 2.11 bits per heavy atom. The molecule has 1 aromatic rings. The number of guanidine groups is 1. The van der Waals surface area contributed by atoms with Crippen LogP contribution >= 0.6 is 24.0 Å². The summed E-state index contributed by atoms with van der Waals surface area (Å²) in [6.07, 6.45) is 3.52. The fourth-order valence-electron chi connectivity index (χ4n) is 3.70. The number of nitrogens with zero attached hydrogens (tertiary/aromatic N) is 3. The molecule has 0 radical (unpaired) electrons. The van der Waals surface area contributed by atoms with Gasteiger partial charge in [0.2, 0.25) is 0 Å². The highest BCUT2D eigenvalue weighted by molar-refractivity contribution is 14.0. The van der Waals surface area contributed by atoms with Crippen molar-refractivity contribution in [2.75, 3.05) is 39.4 Å². The minimum absolute atomic E-state index is 0. The minimum Gasteiger partial charge on any atom is -0.381 e. The molecule has 2 fully saturated rings. The monoisotopic (exact) mass is 505 g/mol. The van der Waals surface area contributed by atoms with Crippen LogP contribution in [0.15, 0.2) is 15.6 Å². The Kier molecular flexibility index (Phi) is 10.0. The smallest absolute Gasteiger partial charge is 0.191 e. The largest absolute Gasteiger partial charge is 0.381 e. The quantitative estimate of drug-likeness (QED) is 0.337. The highest BCUT2D eigenvalue weighted by Gasteiger charge is 2.24. The van der Waals surface area contributed by atoms with Crippen molar-refractivity contribution in [1.29, 1.82) is 0 Å². The van der Waals surface area contributed by atoms with E-state index in [-0.39, 0.29) is 24.0 Å². The summed E-state index contributed by atoms with van der Waals surface area (Å²) >= 11 is 0. The van der Waals surface area contributed by atoms with Crippen LogP contribution in [0.25, 0.3) is 0 Å². The number of nitrogens with one attached hydrogen (secondary N) is 2. The predicted octanol–water partition coefficient (Wildman–Crippen LogP) is 2.97. The van der Waals surface area contributed by atoms with Gasteiger partial charge >= 0.3 is 0 Å². The maximum atomic E-state index is 5.50. The predicted molar refractivity (Wildman–Crippen MR) is 122 cm³/mol. The van der Waals surface area contributed by atoms with Gasteiger partial charge in [-0.15, -0.1) is 24.0 Å². The first-order valence-electron chi connectivity index (χ1n) is 10.4. The number of ether oxygens (including phenoxy) is 1. The van der Waals surface area contributed by atoms with Crippen molar-refractivity contribution in [1.82, 2.24) is 20.7 Å². The van der Waals surface area contributed by atoms with Crippen molar-refractivity contribution in [2.24, 2.45) is 10.9 Å². The van der Waals surface area contributed by atoms with E-state index in [2.05, 4.69) is 46.5 Å². The van der Waals surface area contributed by atoms with Gasteiger partial charge in [0.25, 0.3) is 0 Å². The van der Waals surface area contributed by atoms with Crippen LogP contribution in [0.5, 0.6) is 0 Å². The summed E-state index contributed by atoms with van der Waals surface area (Å²) in [5.74, 6) is 2.77. The molecule has 28 heavy (non-hydrogen) atoms. The summed E-state index contributed by atoms with van der Waals surface area (Å²) in [4.78, 5) is 7.27. The van der Waals surface area contributed by atoms with E-state index in [0.29, 0.717) is 18.5 Å². The van der Waals surface area contributed by atoms with Crippen molar-refractivity contribution in [3.63, 3.8) is 0 Å². The van der Waals surface area contributed by atoms with Gasteiger partial charge in [-0.05, 0) is 38.0 Å². The summed E-state index contributed by atoms with van der Waals surface area (Å²) < 4.78 is 10.9. The highest BCUT2D eigenvalue weighted by Crippen LogP contribution is 2.18. The van der Waals surface area contributed by atoms with E-state index in [4.69, 9.17) is 9.26 Å². The lowest BCUT2D eigenvalue weighted by Gasteiger charge is -2.34. The SMILES string of the molecule is CCNC(=NCc1cc(C(C)C)no1)NC1CCN(CC2CCOC2)CC1.I. The summed E-state index contributed by atoms with van der Waals surface area (Å²) in [7, 11) is 0. The minimum atomic E-state index is 0. The van der Waals surface area contributed by atoms with Crippen molar-refractivity contribution in [3.8, 4) is 0 Å². The molecule has 0 aliphatic carbocycles. The van der Waals surface area contributed by atoms with Crippen molar-refractivity contribution in [2.45, 2.75) is 58.5 Å². The molecule has 2 aliphatic heterocycles. The number of halogens is 1. The van der Waals surface area contributed by atoms with Gasteiger partial charge in [0.15, 0.2) is 11.7 Å². The summed E-state index contributed by atoms with van der Waals surface area (Å²) in [6.45, 7) is 13.0. The number of aromatic nitrogens is 1. The van der Waals surface area contributed by atoms with Crippen LogP contribution in [-0.2, 0) is 11.3 Å². The van der Waals surface area contributed by atoms with E-state index in [1.54, 1.807) is 0 Å².